The molecule has 0 spiro atoms. The summed E-state index contributed by atoms with van der Waals surface area (Å²) in [5, 5.41) is 9.12. The van der Waals surface area contributed by atoms with Gasteiger partial charge in [-0.25, -0.2) is 0 Å². The highest BCUT2D eigenvalue weighted by molar-refractivity contribution is 5.58. The molecule has 0 saturated carbocycles. The van der Waals surface area contributed by atoms with Crippen LogP contribution in [0.1, 0.15) is 23.6 Å². The Balaban J connectivity index is 3.22. The molecule has 0 fully saturated rings. The molecule has 1 aromatic rings. The molecule has 0 bridgehead atoms. The smallest absolute Gasteiger partial charge is 0.0897 e. The molecule has 0 aliphatic heterocycles. The van der Waals surface area contributed by atoms with E-state index in [1.807, 2.05) is 32.0 Å². The van der Waals surface area contributed by atoms with E-state index in [9.17, 15) is 0 Å². The SMILES string of the molecule is C/C(O)=C\c1c(C)cccc1C. The molecule has 64 valence electrons. The third-order valence-corrected chi connectivity index (χ3v) is 1.90. The third kappa shape index (κ3) is 1.88. The first-order valence-electron chi connectivity index (χ1n) is 4.04. The average molecular weight is 162 g/mol. The summed E-state index contributed by atoms with van der Waals surface area (Å²) < 4.78 is 0. The van der Waals surface area contributed by atoms with E-state index in [4.69, 9.17) is 5.11 Å². The van der Waals surface area contributed by atoms with Crippen LogP contribution in [0.5, 0.6) is 0 Å². The van der Waals surface area contributed by atoms with Gasteiger partial charge in [-0.2, -0.15) is 0 Å². The van der Waals surface area contributed by atoms with Crippen molar-refractivity contribution in [1.29, 1.82) is 0 Å². The fourth-order valence-electron chi connectivity index (χ4n) is 1.26. The maximum absolute atomic E-state index is 9.12. The van der Waals surface area contributed by atoms with E-state index in [0.717, 1.165) is 5.56 Å². The summed E-state index contributed by atoms with van der Waals surface area (Å²) in [5.74, 6) is 0.354. The lowest BCUT2D eigenvalue weighted by molar-refractivity contribution is 0.420. The zero-order valence-electron chi connectivity index (χ0n) is 7.76. The molecule has 0 saturated heterocycles. The van der Waals surface area contributed by atoms with Gasteiger partial charge in [-0.1, -0.05) is 18.2 Å². The van der Waals surface area contributed by atoms with Crippen LogP contribution in [0, 0.1) is 13.8 Å². The van der Waals surface area contributed by atoms with E-state index in [1.165, 1.54) is 11.1 Å². The predicted molar refractivity (Wildman–Crippen MR) is 52.2 cm³/mol. The molecule has 0 heterocycles. The molecule has 0 aliphatic carbocycles. The van der Waals surface area contributed by atoms with Gasteiger partial charge in [0, 0.05) is 0 Å². The first kappa shape index (κ1) is 8.85. The molecule has 0 amide bonds. The summed E-state index contributed by atoms with van der Waals surface area (Å²) in [4.78, 5) is 0. The molecule has 12 heavy (non-hydrogen) atoms. The van der Waals surface area contributed by atoms with Gasteiger partial charge in [0.1, 0.15) is 0 Å². The van der Waals surface area contributed by atoms with Crippen LogP contribution in [0.15, 0.2) is 24.0 Å². The van der Waals surface area contributed by atoms with Crippen molar-refractivity contribution >= 4 is 6.08 Å². The Morgan fingerprint density at radius 1 is 1.25 bits per heavy atom. The van der Waals surface area contributed by atoms with Crippen molar-refractivity contribution in [3.05, 3.63) is 40.6 Å². The quantitative estimate of drug-likeness (QED) is 0.628. The van der Waals surface area contributed by atoms with Crippen LogP contribution < -0.4 is 0 Å². The monoisotopic (exact) mass is 162 g/mol. The van der Waals surface area contributed by atoms with Gasteiger partial charge in [-0.15, -0.1) is 0 Å². The number of rotatable bonds is 1. The fourth-order valence-corrected chi connectivity index (χ4v) is 1.26. The molecule has 0 unspecified atom stereocenters. The molecule has 1 heteroatoms. The van der Waals surface area contributed by atoms with Crippen molar-refractivity contribution in [2.24, 2.45) is 0 Å². The number of hydrogen-bond donors (Lipinski definition) is 1. The maximum atomic E-state index is 9.12. The highest BCUT2D eigenvalue weighted by Crippen LogP contribution is 2.15. The Hall–Kier alpha value is -1.24. The Labute approximate surface area is 73.4 Å². The Bertz CT molecular complexity index is 287. The Kier molecular flexibility index (Phi) is 2.54. The van der Waals surface area contributed by atoms with E-state index in [-0.39, 0.29) is 0 Å². The summed E-state index contributed by atoms with van der Waals surface area (Å²) in [6.45, 7) is 5.77. The van der Waals surface area contributed by atoms with Crippen LogP contribution in [-0.4, -0.2) is 5.11 Å². The van der Waals surface area contributed by atoms with Gasteiger partial charge in [0.15, 0.2) is 0 Å². The minimum absolute atomic E-state index is 0.354. The van der Waals surface area contributed by atoms with Crippen molar-refractivity contribution < 1.29 is 5.11 Å². The van der Waals surface area contributed by atoms with Crippen molar-refractivity contribution in [1.82, 2.24) is 0 Å². The van der Waals surface area contributed by atoms with Crippen LogP contribution in [0.25, 0.3) is 6.08 Å². The molecule has 1 rings (SSSR count). The van der Waals surface area contributed by atoms with Crippen molar-refractivity contribution in [2.45, 2.75) is 20.8 Å². The van der Waals surface area contributed by atoms with E-state index < -0.39 is 0 Å². The minimum Gasteiger partial charge on any atom is -0.513 e. The topological polar surface area (TPSA) is 20.2 Å². The zero-order chi connectivity index (χ0) is 9.14. The minimum atomic E-state index is 0.354. The third-order valence-electron chi connectivity index (χ3n) is 1.90. The highest BCUT2D eigenvalue weighted by Gasteiger charge is 1.97. The lowest BCUT2D eigenvalue weighted by Gasteiger charge is -2.04. The molecule has 0 atom stereocenters. The van der Waals surface area contributed by atoms with Crippen LogP contribution in [-0.2, 0) is 0 Å². The number of benzene rings is 1. The van der Waals surface area contributed by atoms with Gasteiger partial charge in [0.25, 0.3) is 0 Å². The van der Waals surface area contributed by atoms with Gasteiger partial charge < -0.3 is 5.11 Å². The second-order valence-electron chi connectivity index (χ2n) is 3.09. The summed E-state index contributed by atoms with van der Waals surface area (Å²) in [6.07, 6.45) is 1.80. The molecule has 1 nitrogen and oxygen atoms in total. The standard InChI is InChI=1S/C11H14O/c1-8-5-4-6-9(2)11(8)7-10(3)12/h4-7,12H,1-3H3/b10-7+. The first-order valence-corrected chi connectivity index (χ1v) is 4.04. The summed E-state index contributed by atoms with van der Waals surface area (Å²) >= 11 is 0. The summed E-state index contributed by atoms with van der Waals surface area (Å²) in [6, 6.07) is 6.11. The Morgan fingerprint density at radius 3 is 2.17 bits per heavy atom. The van der Waals surface area contributed by atoms with Crippen LogP contribution in [0.3, 0.4) is 0 Å². The summed E-state index contributed by atoms with van der Waals surface area (Å²) in [7, 11) is 0. The predicted octanol–water partition coefficient (Wildman–Crippen LogP) is 3.22. The van der Waals surface area contributed by atoms with Gasteiger partial charge in [0.2, 0.25) is 0 Å². The second kappa shape index (κ2) is 3.44. The van der Waals surface area contributed by atoms with Crippen molar-refractivity contribution in [2.75, 3.05) is 0 Å². The van der Waals surface area contributed by atoms with Crippen LogP contribution in [0.2, 0.25) is 0 Å². The lowest BCUT2D eigenvalue weighted by Crippen LogP contribution is -1.86. The zero-order valence-corrected chi connectivity index (χ0v) is 7.76. The normalized spacial score (nSPS) is 11.8. The number of allylic oxidation sites excluding steroid dienone is 1. The number of aliphatic hydroxyl groups is 1. The van der Waals surface area contributed by atoms with E-state index in [0.29, 0.717) is 5.76 Å². The van der Waals surface area contributed by atoms with E-state index in [2.05, 4.69) is 0 Å². The molecule has 1 aromatic carbocycles. The van der Waals surface area contributed by atoms with Crippen molar-refractivity contribution in [3.8, 4) is 0 Å². The van der Waals surface area contributed by atoms with Crippen molar-refractivity contribution in [3.63, 3.8) is 0 Å². The molecule has 0 aliphatic rings. The number of hydrogen-bond acceptors (Lipinski definition) is 1. The van der Waals surface area contributed by atoms with Crippen LogP contribution in [0.4, 0.5) is 0 Å². The highest BCUT2D eigenvalue weighted by atomic mass is 16.3. The number of aryl methyl sites for hydroxylation is 2. The lowest BCUT2D eigenvalue weighted by atomic mass is 10.0. The van der Waals surface area contributed by atoms with E-state index >= 15 is 0 Å². The average Bonchev–Trinajstić information content (AvgIpc) is 1.97. The van der Waals surface area contributed by atoms with Crippen LogP contribution >= 0.6 is 0 Å². The molecular weight excluding hydrogens is 148 g/mol. The van der Waals surface area contributed by atoms with Gasteiger partial charge >= 0.3 is 0 Å². The fraction of sp³-hybridized carbons (Fsp3) is 0.273. The van der Waals surface area contributed by atoms with E-state index in [1.54, 1.807) is 13.0 Å². The Morgan fingerprint density at radius 2 is 1.75 bits per heavy atom. The molecule has 0 aromatic heterocycles. The molecular formula is C11H14O. The largest absolute Gasteiger partial charge is 0.513 e. The first-order chi connectivity index (χ1) is 5.61. The van der Waals surface area contributed by atoms with Gasteiger partial charge in [-0.05, 0) is 43.5 Å². The molecule has 0 radical (unpaired) electrons. The van der Waals surface area contributed by atoms with Gasteiger partial charge in [-0.3, -0.25) is 0 Å². The number of aliphatic hydroxyl groups excluding tert-OH is 1. The van der Waals surface area contributed by atoms with Gasteiger partial charge in [0.05, 0.1) is 5.76 Å². The summed E-state index contributed by atoms with van der Waals surface area (Å²) in [5.41, 5.74) is 3.52. The maximum Gasteiger partial charge on any atom is 0.0897 e. The second-order valence-corrected chi connectivity index (χ2v) is 3.09. The molecule has 1 N–H and O–H groups in total.